The number of methoxy groups -OCH3 is 1. The second kappa shape index (κ2) is 9.57. The van der Waals surface area contributed by atoms with Crippen LogP contribution in [-0.2, 0) is 14.4 Å². The molecule has 1 aliphatic heterocycles. The van der Waals surface area contributed by atoms with E-state index < -0.39 is 28.5 Å². The van der Waals surface area contributed by atoms with Crippen LogP contribution >= 0.6 is 11.8 Å². The number of halogens is 2. The number of amides is 1. The number of thioether (sulfide) groups is 1. The van der Waals surface area contributed by atoms with Crippen molar-refractivity contribution >= 4 is 28.5 Å². The lowest BCUT2D eigenvalue weighted by atomic mass is 9.98. The van der Waals surface area contributed by atoms with E-state index in [1.165, 1.54) is 23.9 Å². The Morgan fingerprint density at radius 1 is 1.29 bits per heavy atom. The molecule has 3 N–H and O–H groups in total. The molecule has 0 fully saturated rings. The Labute approximate surface area is 184 Å². The van der Waals surface area contributed by atoms with E-state index in [-0.39, 0.29) is 16.4 Å². The van der Waals surface area contributed by atoms with Gasteiger partial charge in [-0.15, -0.1) is 0 Å². The molecule has 9 heteroatoms. The highest BCUT2D eigenvalue weighted by Crippen LogP contribution is 2.51. The van der Waals surface area contributed by atoms with Gasteiger partial charge in [-0.3, -0.25) is 10.2 Å². The number of hydrogen-bond acceptors (Lipinski definition) is 5. The smallest absolute Gasteiger partial charge is 0.273 e. The number of amidine groups is 1. The van der Waals surface area contributed by atoms with Gasteiger partial charge in [-0.1, -0.05) is 42.1 Å². The van der Waals surface area contributed by atoms with Crippen molar-refractivity contribution < 1.29 is 18.3 Å². The van der Waals surface area contributed by atoms with Gasteiger partial charge in [-0.2, -0.15) is 5.10 Å². The quantitative estimate of drug-likeness (QED) is 0.470. The molecule has 2 aromatic carbocycles. The lowest BCUT2D eigenvalue weighted by molar-refractivity contribution is -0.144. The van der Waals surface area contributed by atoms with E-state index in [1.807, 2.05) is 30.3 Å². The molecule has 3 rings (SSSR count). The predicted octanol–water partition coefficient (Wildman–Crippen LogP) is 4.20. The molecule has 6 nitrogen and oxygen atoms in total. The lowest BCUT2D eigenvalue weighted by Gasteiger charge is -2.37. The standard InChI is InChI=1S/C22H24F2N4O2S/c1-14(30-2)21(29)28-22(12-6-9-19(25)26,15-7-4-3-5-8-15)31-20(27-28)17-13-16(23)10-11-18(17)24/h3-5,7-8,10-11,13-14H,6,9,12H2,1-2H3,(H3,25,26)/t14-,22?/m0/s1. The largest absolute Gasteiger partial charge is 0.388 e. The number of benzene rings is 2. The average molecular weight is 447 g/mol. The molecular formula is C22H24F2N4O2S. The molecule has 31 heavy (non-hydrogen) atoms. The molecule has 0 saturated carbocycles. The van der Waals surface area contributed by atoms with Crippen LogP contribution in [-0.4, -0.2) is 35.0 Å². The van der Waals surface area contributed by atoms with Crippen LogP contribution < -0.4 is 5.73 Å². The Bertz CT molecular complexity index is 1000. The molecule has 1 amide bonds. The maximum atomic E-state index is 14.6. The molecule has 2 aromatic rings. The van der Waals surface area contributed by atoms with Crippen LogP contribution in [0.2, 0.25) is 0 Å². The summed E-state index contributed by atoms with van der Waals surface area (Å²) in [6, 6.07) is 12.4. The fourth-order valence-corrected chi connectivity index (χ4v) is 4.79. The van der Waals surface area contributed by atoms with Crippen molar-refractivity contribution in [3.8, 4) is 0 Å². The topological polar surface area (TPSA) is 91.8 Å². The fraction of sp³-hybridized carbons (Fsp3) is 0.318. The molecule has 1 heterocycles. The zero-order valence-corrected chi connectivity index (χ0v) is 18.1. The van der Waals surface area contributed by atoms with Crippen LogP contribution in [0.25, 0.3) is 0 Å². The zero-order valence-electron chi connectivity index (χ0n) is 17.3. The van der Waals surface area contributed by atoms with Crippen molar-refractivity contribution in [2.75, 3.05) is 7.11 Å². The number of nitrogens with one attached hydrogen (secondary N) is 1. The van der Waals surface area contributed by atoms with Gasteiger partial charge >= 0.3 is 0 Å². The van der Waals surface area contributed by atoms with Crippen molar-refractivity contribution in [2.24, 2.45) is 10.8 Å². The van der Waals surface area contributed by atoms with E-state index in [0.29, 0.717) is 19.3 Å². The zero-order chi connectivity index (χ0) is 22.6. The number of rotatable bonds is 8. The van der Waals surface area contributed by atoms with Crippen LogP contribution in [0.5, 0.6) is 0 Å². The van der Waals surface area contributed by atoms with Crippen LogP contribution in [0.15, 0.2) is 53.6 Å². The predicted molar refractivity (Wildman–Crippen MR) is 118 cm³/mol. The third kappa shape index (κ3) is 4.77. The van der Waals surface area contributed by atoms with E-state index in [4.69, 9.17) is 15.9 Å². The number of hydrogen-bond donors (Lipinski definition) is 2. The minimum absolute atomic E-state index is 0.0164. The summed E-state index contributed by atoms with van der Waals surface area (Å²) < 4.78 is 33.7. The maximum absolute atomic E-state index is 14.6. The summed E-state index contributed by atoms with van der Waals surface area (Å²) in [5.74, 6) is -1.61. The van der Waals surface area contributed by atoms with Gasteiger partial charge in [0.15, 0.2) is 0 Å². The number of ether oxygens (including phenoxy) is 1. The molecule has 164 valence electrons. The highest BCUT2D eigenvalue weighted by Gasteiger charge is 2.49. The molecule has 1 unspecified atom stereocenters. The van der Waals surface area contributed by atoms with E-state index in [1.54, 1.807) is 6.92 Å². The minimum atomic E-state index is -1.02. The summed E-state index contributed by atoms with van der Waals surface area (Å²) in [5, 5.41) is 13.5. The van der Waals surface area contributed by atoms with Crippen molar-refractivity contribution in [1.82, 2.24) is 5.01 Å². The molecule has 0 saturated heterocycles. The Morgan fingerprint density at radius 3 is 2.65 bits per heavy atom. The van der Waals surface area contributed by atoms with Gasteiger partial charge in [0, 0.05) is 19.1 Å². The van der Waals surface area contributed by atoms with Crippen LogP contribution in [0, 0.1) is 17.0 Å². The first-order valence-corrected chi connectivity index (χ1v) is 10.6. The number of carbonyl (C=O) groups is 1. The number of hydrazone groups is 1. The minimum Gasteiger partial charge on any atom is -0.388 e. The maximum Gasteiger partial charge on any atom is 0.273 e. The highest BCUT2D eigenvalue weighted by molar-refractivity contribution is 8.15. The summed E-state index contributed by atoms with van der Waals surface area (Å²) in [6.07, 6.45) is 0.433. The Balaban J connectivity index is 2.13. The summed E-state index contributed by atoms with van der Waals surface area (Å²) in [7, 11) is 1.42. The first kappa shape index (κ1) is 22.9. The van der Waals surface area contributed by atoms with Gasteiger partial charge in [0.25, 0.3) is 5.91 Å². The van der Waals surface area contributed by atoms with Crippen molar-refractivity contribution in [1.29, 1.82) is 5.41 Å². The Kier molecular flexibility index (Phi) is 7.07. The van der Waals surface area contributed by atoms with Crippen LogP contribution in [0.3, 0.4) is 0 Å². The van der Waals surface area contributed by atoms with Crippen LogP contribution in [0.4, 0.5) is 8.78 Å². The molecule has 0 bridgehead atoms. The Hall–Kier alpha value is -2.78. The molecule has 0 spiro atoms. The monoisotopic (exact) mass is 446 g/mol. The van der Waals surface area contributed by atoms with E-state index in [2.05, 4.69) is 5.10 Å². The molecule has 0 aromatic heterocycles. The van der Waals surface area contributed by atoms with Crippen molar-refractivity contribution in [2.45, 2.75) is 37.2 Å². The summed E-state index contributed by atoms with van der Waals surface area (Å²) in [6.45, 7) is 1.61. The second-order valence-corrected chi connectivity index (χ2v) is 8.45. The average Bonchev–Trinajstić information content (AvgIpc) is 3.15. The van der Waals surface area contributed by atoms with Gasteiger partial charge in [-0.25, -0.2) is 13.8 Å². The number of nitrogens with two attached hydrogens (primary N) is 1. The van der Waals surface area contributed by atoms with Gasteiger partial charge in [-0.05, 0) is 43.5 Å². The molecule has 0 radical (unpaired) electrons. The van der Waals surface area contributed by atoms with Crippen LogP contribution in [0.1, 0.15) is 37.3 Å². The second-order valence-electron chi connectivity index (χ2n) is 7.19. The van der Waals surface area contributed by atoms with Gasteiger partial charge < -0.3 is 10.5 Å². The van der Waals surface area contributed by atoms with E-state index in [9.17, 15) is 13.6 Å². The number of nitrogens with zero attached hydrogens (tertiary/aromatic N) is 2. The third-order valence-corrected chi connectivity index (χ3v) is 6.50. The molecule has 0 aliphatic carbocycles. The van der Waals surface area contributed by atoms with Gasteiger partial charge in [0.05, 0.1) is 5.84 Å². The van der Waals surface area contributed by atoms with E-state index in [0.717, 1.165) is 23.8 Å². The summed E-state index contributed by atoms with van der Waals surface area (Å²) >= 11 is 1.18. The normalized spacial score (nSPS) is 19.2. The van der Waals surface area contributed by atoms with Crippen molar-refractivity contribution in [3.05, 3.63) is 71.3 Å². The summed E-state index contributed by atoms with van der Waals surface area (Å²) in [4.78, 5) is 12.2. The third-order valence-electron chi connectivity index (χ3n) is 5.05. The van der Waals surface area contributed by atoms with E-state index >= 15 is 0 Å². The molecule has 1 aliphatic rings. The first-order chi connectivity index (χ1) is 14.8. The molecular weight excluding hydrogens is 422 g/mol. The highest BCUT2D eigenvalue weighted by atomic mass is 32.2. The molecule has 2 atom stereocenters. The summed E-state index contributed by atoms with van der Waals surface area (Å²) in [5.41, 5.74) is 6.29. The van der Waals surface area contributed by atoms with Gasteiger partial charge in [0.1, 0.15) is 27.7 Å². The Morgan fingerprint density at radius 2 is 2.00 bits per heavy atom. The van der Waals surface area contributed by atoms with Crippen molar-refractivity contribution in [3.63, 3.8) is 0 Å². The fourth-order valence-electron chi connectivity index (χ4n) is 3.37. The SMILES string of the molecule is CO[C@@H](C)C(=O)N1N=C(c2cc(F)ccc2F)SC1(CCCC(=N)N)c1ccccc1. The lowest BCUT2D eigenvalue weighted by Crippen LogP contribution is -2.45. The first-order valence-electron chi connectivity index (χ1n) is 9.77. The number of carbonyl (C=O) groups excluding carboxylic acids is 1. The van der Waals surface area contributed by atoms with Gasteiger partial charge in [0.2, 0.25) is 0 Å².